The normalized spacial score (nSPS) is 40.6. The van der Waals surface area contributed by atoms with Crippen LogP contribution in [0.25, 0.3) is 0 Å². The second-order valence-corrected chi connectivity index (χ2v) is 15.3. The van der Waals surface area contributed by atoms with Crippen LogP contribution in [0, 0.1) is 56.7 Å². The number of nitriles is 1. The first kappa shape index (κ1) is 31.2. The molecule has 3 saturated carbocycles. The number of allylic oxidation sites excluding steroid dienone is 4. The van der Waals surface area contributed by atoms with Crippen LogP contribution in [0.1, 0.15) is 65.9 Å². The molecule has 4 aliphatic rings. The van der Waals surface area contributed by atoms with Crippen molar-refractivity contribution < 1.29 is 19.9 Å². The van der Waals surface area contributed by atoms with Gasteiger partial charge in [-0.05, 0) is 78.4 Å². The first-order valence-electron chi connectivity index (χ1n) is 15.5. The van der Waals surface area contributed by atoms with Gasteiger partial charge in [-0.3, -0.25) is 9.59 Å². The molecule has 2 N–H and O–H groups in total. The topological polar surface area (TPSA) is 102 Å². The molecule has 0 aromatic heterocycles. The van der Waals surface area contributed by atoms with Gasteiger partial charge in [0.15, 0.2) is 10.9 Å². The van der Waals surface area contributed by atoms with Gasteiger partial charge >= 0.3 is 0 Å². The molecule has 1 aromatic rings. The Morgan fingerprint density at radius 2 is 1.86 bits per heavy atom. The zero-order valence-electron chi connectivity index (χ0n) is 25.7. The molecule has 0 heterocycles. The summed E-state index contributed by atoms with van der Waals surface area (Å²) in [5, 5.41) is 33.9. The highest BCUT2D eigenvalue weighted by molar-refractivity contribution is 8.13. The summed E-state index contributed by atoms with van der Waals surface area (Å²) in [5.41, 5.74) is 0.554. The highest BCUT2D eigenvalue weighted by Gasteiger charge is 2.74. The van der Waals surface area contributed by atoms with E-state index < -0.39 is 22.3 Å². The number of benzene rings is 1. The third-order valence-corrected chi connectivity index (χ3v) is 13.2. The molecule has 9 atom stereocenters. The van der Waals surface area contributed by atoms with Crippen molar-refractivity contribution in [3.8, 4) is 6.07 Å². The molecule has 0 bridgehead atoms. The predicted octanol–water partition coefficient (Wildman–Crippen LogP) is 6.24. The van der Waals surface area contributed by atoms with Crippen LogP contribution < -0.4 is 0 Å². The second-order valence-electron chi connectivity index (χ2n) is 14.3. The van der Waals surface area contributed by atoms with Crippen molar-refractivity contribution >= 4 is 22.7 Å². The van der Waals surface area contributed by atoms with Gasteiger partial charge in [-0.2, -0.15) is 10.3 Å². The lowest BCUT2D eigenvalue weighted by molar-refractivity contribution is -0.216. The van der Waals surface area contributed by atoms with Crippen molar-refractivity contribution in [2.75, 3.05) is 18.8 Å². The largest absolute Gasteiger partial charge is 0.392 e. The van der Waals surface area contributed by atoms with Gasteiger partial charge in [0.05, 0.1) is 17.9 Å². The Balaban J connectivity index is 1.47. The molecule has 226 valence electrons. The molecule has 3 fully saturated rings. The molecule has 1 aromatic carbocycles. The van der Waals surface area contributed by atoms with Crippen LogP contribution in [0.3, 0.4) is 0 Å². The SMILES string of the molecule is C[C@H]1C[C@@H]2[C@](C)([C@@H](O)C[C@]3(C)[C@@H](C(=O)SCC#N)[C@H](CN(O)CCCc4ccccc4)C[C@@]23C)[C@@]2(C)C=CC(=O)C=C12. The lowest BCUT2D eigenvalue weighted by Crippen LogP contribution is -2.67. The number of nitrogens with zero attached hydrogens (tertiary/aromatic N) is 2. The lowest BCUT2D eigenvalue weighted by Gasteiger charge is -2.69. The Morgan fingerprint density at radius 1 is 1.14 bits per heavy atom. The molecule has 0 radical (unpaired) electrons. The minimum Gasteiger partial charge on any atom is -0.392 e. The van der Waals surface area contributed by atoms with Crippen LogP contribution in [0.4, 0.5) is 0 Å². The van der Waals surface area contributed by atoms with E-state index in [0.29, 0.717) is 19.5 Å². The fourth-order valence-electron chi connectivity index (χ4n) is 10.0. The summed E-state index contributed by atoms with van der Waals surface area (Å²) < 4.78 is 0. The van der Waals surface area contributed by atoms with Gasteiger partial charge in [0.1, 0.15) is 0 Å². The van der Waals surface area contributed by atoms with E-state index in [0.717, 1.165) is 43.0 Å². The number of carbonyl (C=O) groups is 2. The summed E-state index contributed by atoms with van der Waals surface area (Å²) in [6.45, 7) is 12.0. The van der Waals surface area contributed by atoms with Crippen molar-refractivity contribution in [1.82, 2.24) is 5.06 Å². The van der Waals surface area contributed by atoms with Crippen LogP contribution in [-0.4, -0.2) is 51.2 Å². The number of rotatable bonds is 8. The number of aryl methyl sites for hydroxylation is 1. The number of aliphatic hydroxyl groups is 1. The molecule has 0 amide bonds. The van der Waals surface area contributed by atoms with E-state index in [1.54, 1.807) is 12.2 Å². The molecule has 0 aliphatic heterocycles. The quantitative estimate of drug-likeness (QED) is 0.346. The molecule has 7 heteroatoms. The summed E-state index contributed by atoms with van der Waals surface area (Å²) in [7, 11) is 0. The Morgan fingerprint density at radius 3 is 2.55 bits per heavy atom. The smallest absolute Gasteiger partial charge is 0.193 e. The van der Waals surface area contributed by atoms with Crippen LogP contribution in [0.15, 0.2) is 54.1 Å². The Labute approximate surface area is 255 Å². The van der Waals surface area contributed by atoms with Gasteiger partial charge < -0.3 is 10.3 Å². The van der Waals surface area contributed by atoms with Crippen molar-refractivity contribution in [3.63, 3.8) is 0 Å². The molecule has 0 saturated heterocycles. The van der Waals surface area contributed by atoms with Gasteiger partial charge in [-0.1, -0.05) is 88.4 Å². The van der Waals surface area contributed by atoms with Crippen molar-refractivity contribution in [2.24, 2.45) is 45.3 Å². The fourth-order valence-corrected chi connectivity index (χ4v) is 10.8. The zero-order chi connectivity index (χ0) is 30.5. The Bertz CT molecular complexity index is 1320. The standard InChI is InChI=1S/C35H46N2O4S/c1-23-18-28-33(3)20-25(22-37(41)16-9-12-24-10-7-6-8-11-24)30(31(40)42-17-15-36)34(33,4)21-29(39)35(28,5)32(2)14-13-26(38)19-27(23)32/h6-8,10-11,13-14,19,23,25,28-30,39,41H,9,12,16-18,20-22H2,1-5H3/t23-,25-,28-,29-,30+,32-,33-,34+,35+/m0/s1. The van der Waals surface area contributed by atoms with Crippen LogP contribution >= 0.6 is 11.8 Å². The van der Waals surface area contributed by atoms with Crippen LogP contribution in [0.5, 0.6) is 0 Å². The first-order chi connectivity index (χ1) is 19.8. The molecular formula is C35H46N2O4S. The molecule has 5 rings (SSSR count). The number of fused-ring (bicyclic) bond motifs is 5. The van der Waals surface area contributed by atoms with Crippen molar-refractivity contribution in [3.05, 3.63) is 59.7 Å². The third-order valence-electron chi connectivity index (χ3n) is 12.4. The monoisotopic (exact) mass is 590 g/mol. The fraction of sp³-hybridized carbons (Fsp3) is 0.629. The van der Waals surface area contributed by atoms with E-state index in [4.69, 9.17) is 0 Å². The van der Waals surface area contributed by atoms with E-state index >= 15 is 0 Å². The molecule has 42 heavy (non-hydrogen) atoms. The minimum atomic E-state index is -0.676. The molecule has 0 unspecified atom stereocenters. The average Bonchev–Trinajstić information content (AvgIpc) is 3.16. The van der Waals surface area contributed by atoms with Gasteiger partial charge in [-0.25, -0.2) is 0 Å². The van der Waals surface area contributed by atoms with E-state index in [2.05, 4.69) is 52.8 Å². The lowest BCUT2D eigenvalue weighted by atomic mass is 9.35. The first-order valence-corrected chi connectivity index (χ1v) is 16.4. The van der Waals surface area contributed by atoms with Gasteiger partial charge in [0.2, 0.25) is 0 Å². The highest BCUT2D eigenvalue weighted by Crippen LogP contribution is 2.77. The average molecular weight is 591 g/mol. The second kappa shape index (κ2) is 11.4. The maximum Gasteiger partial charge on any atom is 0.193 e. The maximum atomic E-state index is 13.9. The summed E-state index contributed by atoms with van der Waals surface area (Å²) in [5.74, 6) is -0.109. The molecular weight excluding hydrogens is 544 g/mol. The summed E-state index contributed by atoms with van der Waals surface area (Å²) in [6, 6.07) is 12.4. The highest BCUT2D eigenvalue weighted by atomic mass is 32.2. The number of aliphatic hydroxyl groups excluding tert-OH is 1. The Kier molecular flexibility index (Phi) is 8.43. The summed E-state index contributed by atoms with van der Waals surface area (Å²) >= 11 is 1.08. The van der Waals surface area contributed by atoms with Crippen molar-refractivity contribution in [2.45, 2.75) is 72.8 Å². The number of thioether (sulfide) groups is 1. The maximum absolute atomic E-state index is 13.9. The number of carbonyl (C=O) groups excluding carboxylic acids is 2. The molecule has 6 nitrogen and oxygen atoms in total. The van der Waals surface area contributed by atoms with E-state index in [9.17, 15) is 25.2 Å². The van der Waals surface area contributed by atoms with Gasteiger partial charge in [0, 0.05) is 29.8 Å². The summed E-state index contributed by atoms with van der Waals surface area (Å²) in [6.07, 6.45) is 8.54. The molecule has 4 aliphatic carbocycles. The molecule has 0 spiro atoms. The van der Waals surface area contributed by atoms with Crippen molar-refractivity contribution in [1.29, 1.82) is 5.26 Å². The summed E-state index contributed by atoms with van der Waals surface area (Å²) in [4.78, 5) is 26.3. The number of hydrogen-bond acceptors (Lipinski definition) is 7. The van der Waals surface area contributed by atoms with Crippen LogP contribution in [0.2, 0.25) is 0 Å². The van der Waals surface area contributed by atoms with Gasteiger partial charge in [0.25, 0.3) is 0 Å². The minimum absolute atomic E-state index is 0.0000713. The van der Waals surface area contributed by atoms with Gasteiger partial charge in [-0.15, -0.1) is 0 Å². The third kappa shape index (κ3) is 4.74. The van der Waals surface area contributed by atoms with E-state index in [-0.39, 0.29) is 45.7 Å². The predicted molar refractivity (Wildman–Crippen MR) is 165 cm³/mol. The number of hydrogen-bond donors (Lipinski definition) is 2. The number of hydroxylamine groups is 2. The van der Waals surface area contributed by atoms with E-state index in [1.807, 2.05) is 24.3 Å². The number of ketones is 1. The van der Waals surface area contributed by atoms with Crippen LogP contribution in [-0.2, 0) is 16.0 Å². The van der Waals surface area contributed by atoms with E-state index in [1.165, 1.54) is 10.6 Å². The zero-order valence-corrected chi connectivity index (χ0v) is 26.5. The Hall–Kier alpha value is -2.24.